The Labute approximate surface area is 104 Å². The predicted octanol–water partition coefficient (Wildman–Crippen LogP) is 1.51. The van der Waals surface area contributed by atoms with Crippen LogP contribution < -0.4 is 11.5 Å². The summed E-state index contributed by atoms with van der Waals surface area (Å²) in [6.07, 6.45) is 1.37. The molecule has 0 aliphatic heterocycles. The van der Waals surface area contributed by atoms with Crippen LogP contribution in [-0.2, 0) is 0 Å². The summed E-state index contributed by atoms with van der Waals surface area (Å²) < 4.78 is 18.0. The Bertz CT molecular complexity index is 558. The first kappa shape index (κ1) is 11.8. The van der Waals surface area contributed by atoms with Crippen molar-refractivity contribution < 1.29 is 9.18 Å². The van der Waals surface area contributed by atoms with Crippen LogP contribution in [0.15, 0.2) is 27.7 Å². The van der Waals surface area contributed by atoms with E-state index in [0.717, 1.165) is 29.4 Å². The summed E-state index contributed by atoms with van der Waals surface area (Å²) in [5, 5.41) is 0. The zero-order valence-corrected chi connectivity index (χ0v) is 10.0. The van der Waals surface area contributed by atoms with Crippen molar-refractivity contribution in [2.24, 2.45) is 5.73 Å². The van der Waals surface area contributed by atoms with Crippen LogP contribution >= 0.6 is 23.3 Å². The van der Waals surface area contributed by atoms with Crippen LogP contribution in [0.2, 0.25) is 0 Å². The maximum Gasteiger partial charge on any atom is 0.250 e. The van der Waals surface area contributed by atoms with Gasteiger partial charge in [0.05, 0.1) is 10.5 Å². The van der Waals surface area contributed by atoms with Gasteiger partial charge >= 0.3 is 0 Å². The zero-order valence-electron chi connectivity index (χ0n) is 8.38. The van der Waals surface area contributed by atoms with Crippen LogP contribution in [0, 0.1) is 5.82 Å². The van der Waals surface area contributed by atoms with Crippen molar-refractivity contribution in [2.75, 3.05) is 5.73 Å². The Morgan fingerprint density at radius 2 is 2.24 bits per heavy atom. The molecule has 4 N–H and O–H groups in total. The molecule has 1 heterocycles. The highest BCUT2D eigenvalue weighted by molar-refractivity contribution is 8.01. The molecule has 0 bridgehead atoms. The average molecular weight is 270 g/mol. The third-order valence-electron chi connectivity index (χ3n) is 1.91. The van der Waals surface area contributed by atoms with E-state index < -0.39 is 11.7 Å². The Balaban J connectivity index is 2.40. The standard InChI is InChI=1S/C9H7FN4OS2/c10-5-2-6(11)4(8(12)15)1-7(5)16-9-13-3-14-17-9/h1-3H,11H2,(H2,12,15). The van der Waals surface area contributed by atoms with E-state index in [0.29, 0.717) is 4.34 Å². The van der Waals surface area contributed by atoms with E-state index in [1.807, 2.05) is 0 Å². The van der Waals surface area contributed by atoms with Gasteiger partial charge < -0.3 is 11.5 Å². The highest BCUT2D eigenvalue weighted by Gasteiger charge is 2.13. The van der Waals surface area contributed by atoms with Crippen molar-refractivity contribution in [1.82, 2.24) is 9.36 Å². The largest absolute Gasteiger partial charge is 0.398 e. The normalized spacial score (nSPS) is 10.4. The van der Waals surface area contributed by atoms with Gasteiger partial charge in [0.25, 0.3) is 5.91 Å². The highest BCUT2D eigenvalue weighted by Crippen LogP contribution is 2.32. The number of rotatable bonds is 3. The Hall–Kier alpha value is -1.67. The summed E-state index contributed by atoms with van der Waals surface area (Å²) in [5.74, 6) is -1.21. The minimum atomic E-state index is -0.693. The van der Waals surface area contributed by atoms with Gasteiger partial charge in [0, 0.05) is 5.69 Å². The van der Waals surface area contributed by atoms with Crippen molar-refractivity contribution in [3.05, 3.63) is 29.8 Å². The van der Waals surface area contributed by atoms with E-state index in [9.17, 15) is 9.18 Å². The van der Waals surface area contributed by atoms with Crippen molar-refractivity contribution in [2.45, 2.75) is 9.24 Å². The van der Waals surface area contributed by atoms with Gasteiger partial charge in [-0.1, -0.05) is 11.8 Å². The van der Waals surface area contributed by atoms with Crippen LogP contribution in [0.1, 0.15) is 10.4 Å². The molecule has 0 spiro atoms. The smallest absolute Gasteiger partial charge is 0.250 e. The van der Waals surface area contributed by atoms with E-state index in [4.69, 9.17) is 11.5 Å². The maximum absolute atomic E-state index is 13.6. The van der Waals surface area contributed by atoms with Crippen LogP contribution in [0.5, 0.6) is 0 Å². The molecule has 2 rings (SSSR count). The number of aromatic nitrogens is 2. The molecular weight excluding hydrogens is 263 g/mol. The number of carbonyl (C=O) groups excluding carboxylic acids is 1. The molecular formula is C9H7FN4OS2. The molecule has 0 radical (unpaired) electrons. The van der Waals surface area contributed by atoms with Gasteiger partial charge in [0.15, 0.2) is 4.34 Å². The first-order valence-corrected chi connectivity index (χ1v) is 6.00. The number of primary amides is 1. The number of amides is 1. The molecule has 0 saturated heterocycles. The van der Waals surface area contributed by atoms with Gasteiger partial charge in [-0.2, -0.15) is 4.37 Å². The number of carbonyl (C=O) groups is 1. The van der Waals surface area contributed by atoms with Gasteiger partial charge in [0.2, 0.25) is 0 Å². The minimum Gasteiger partial charge on any atom is -0.398 e. The molecule has 1 aromatic heterocycles. The Kier molecular flexibility index (Phi) is 3.25. The number of nitrogens with two attached hydrogens (primary N) is 2. The molecule has 88 valence electrons. The number of halogens is 1. The minimum absolute atomic E-state index is 0.0246. The van der Waals surface area contributed by atoms with Gasteiger partial charge in [-0.3, -0.25) is 4.79 Å². The summed E-state index contributed by atoms with van der Waals surface area (Å²) in [5.41, 5.74) is 10.7. The molecule has 0 unspecified atom stereocenters. The first-order valence-electron chi connectivity index (χ1n) is 4.41. The molecule has 0 atom stereocenters. The van der Waals surface area contributed by atoms with Gasteiger partial charge in [-0.05, 0) is 23.7 Å². The molecule has 0 saturated carbocycles. The lowest BCUT2D eigenvalue weighted by Crippen LogP contribution is -2.14. The zero-order chi connectivity index (χ0) is 12.4. The second-order valence-corrected chi connectivity index (χ2v) is 5.11. The van der Waals surface area contributed by atoms with Crippen LogP contribution in [0.25, 0.3) is 0 Å². The second-order valence-electron chi connectivity index (χ2n) is 3.04. The fraction of sp³-hybridized carbons (Fsp3) is 0. The second kappa shape index (κ2) is 4.68. The average Bonchev–Trinajstić information content (AvgIpc) is 2.74. The highest BCUT2D eigenvalue weighted by atomic mass is 32.2. The fourth-order valence-electron chi connectivity index (χ4n) is 1.16. The predicted molar refractivity (Wildman–Crippen MR) is 63.4 cm³/mol. The van der Waals surface area contributed by atoms with E-state index in [-0.39, 0.29) is 16.1 Å². The molecule has 1 amide bonds. The third kappa shape index (κ3) is 2.53. The molecule has 0 aliphatic rings. The van der Waals surface area contributed by atoms with Gasteiger partial charge in [-0.25, -0.2) is 9.37 Å². The Morgan fingerprint density at radius 1 is 1.47 bits per heavy atom. The summed E-state index contributed by atoms with van der Waals surface area (Å²) in [7, 11) is 0. The number of anilines is 1. The fourth-order valence-corrected chi connectivity index (χ4v) is 2.61. The third-order valence-corrected chi connectivity index (χ3v) is 3.66. The van der Waals surface area contributed by atoms with Crippen molar-refractivity contribution in [3.63, 3.8) is 0 Å². The number of nitrogen functional groups attached to an aromatic ring is 1. The molecule has 1 aromatic carbocycles. The van der Waals surface area contributed by atoms with Crippen LogP contribution in [0.3, 0.4) is 0 Å². The van der Waals surface area contributed by atoms with Crippen molar-refractivity contribution in [1.29, 1.82) is 0 Å². The number of benzene rings is 1. The van der Waals surface area contributed by atoms with Crippen LogP contribution in [0.4, 0.5) is 10.1 Å². The van der Waals surface area contributed by atoms with E-state index in [1.165, 1.54) is 12.4 Å². The number of hydrogen-bond acceptors (Lipinski definition) is 6. The Morgan fingerprint density at radius 3 is 2.82 bits per heavy atom. The molecule has 0 fully saturated rings. The lowest BCUT2D eigenvalue weighted by atomic mass is 10.1. The van der Waals surface area contributed by atoms with E-state index >= 15 is 0 Å². The summed E-state index contributed by atoms with van der Waals surface area (Å²) in [4.78, 5) is 15.2. The summed E-state index contributed by atoms with van der Waals surface area (Å²) >= 11 is 2.20. The molecule has 2 aromatic rings. The van der Waals surface area contributed by atoms with Crippen LogP contribution in [-0.4, -0.2) is 15.3 Å². The lowest BCUT2D eigenvalue weighted by Gasteiger charge is -2.05. The molecule has 17 heavy (non-hydrogen) atoms. The monoisotopic (exact) mass is 270 g/mol. The molecule has 5 nitrogen and oxygen atoms in total. The van der Waals surface area contributed by atoms with Gasteiger partial charge in [0.1, 0.15) is 12.1 Å². The van der Waals surface area contributed by atoms with Crippen molar-refractivity contribution >= 4 is 34.9 Å². The van der Waals surface area contributed by atoms with Crippen molar-refractivity contribution in [3.8, 4) is 0 Å². The number of nitrogens with zero attached hydrogens (tertiary/aromatic N) is 2. The summed E-state index contributed by atoms with van der Waals surface area (Å²) in [6, 6.07) is 2.39. The summed E-state index contributed by atoms with van der Waals surface area (Å²) in [6.45, 7) is 0. The lowest BCUT2D eigenvalue weighted by molar-refractivity contribution is 0.100. The molecule has 8 heteroatoms. The SMILES string of the molecule is NC(=O)c1cc(Sc2ncns2)c(F)cc1N. The van der Waals surface area contributed by atoms with Gasteiger partial charge in [-0.15, -0.1) is 0 Å². The van der Waals surface area contributed by atoms with E-state index in [1.54, 1.807) is 0 Å². The quantitative estimate of drug-likeness (QED) is 0.824. The molecule has 0 aliphatic carbocycles. The van der Waals surface area contributed by atoms with E-state index in [2.05, 4.69) is 9.36 Å². The maximum atomic E-state index is 13.6. The first-order chi connectivity index (χ1) is 8.08. The topological polar surface area (TPSA) is 94.9 Å². The number of hydrogen-bond donors (Lipinski definition) is 2.